The first-order valence-corrected chi connectivity index (χ1v) is 1.95. The van der Waals surface area contributed by atoms with E-state index in [2.05, 4.69) is 16.7 Å². The number of hydrazone groups is 1. The minimum Gasteiger partial charge on any atom is -0.461 e. The van der Waals surface area contributed by atoms with Crippen LogP contribution in [0.1, 0.15) is 0 Å². The van der Waals surface area contributed by atoms with Gasteiger partial charge in [0.15, 0.2) is 0 Å². The molecule has 0 aromatic rings. The van der Waals surface area contributed by atoms with Crippen LogP contribution in [0.5, 0.6) is 0 Å². The predicted octanol–water partition coefficient (Wildman–Crippen LogP) is -0.579. The van der Waals surface area contributed by atoms with Crippen LogP contribution in [0.3, 0.4) is 0 Å². The van der Waals surface area contributed by atoms with Gasteiger partial charge in [-0.1, -0.05) is 0 Å². The summed E-state index contributed by atoms with van der Waals surface area (Å²) in [6, 6.07) is 0. The second-order valence-corrected chi connectivity index (χ2v) is 1.22. The molecule has 0 bridgehead atoms. The molecule has 0 atom stereocenters. The lowest BCUT2D eigenvalue weighted by Crippen LogP contribution is -2.10. The number of carboxylic acids is 1. The summed E-state index contributed by atoms with van der Waals surface area (Å²) in [6.07, 6.45) is 3.59. The molecule has 0 saturated carbocycles. The standard InChI is InChI=1S/C4H2N2O2/c7-4(8)3-1-2-5-6-3/h1H,(H-,5,6,7,8)/p+1. The molecule has 4 nitrogen and oxygen atoms in total. The zero-order valence-corrected chi connectivity index (χ0v) is 3.88. The fraction of sp³-hybridized carbons (Fsp3) is 0. The summed E-state index contributed by atoms with van der Waals surface area (Å²) in [5.41, 5.74) is 2.29. The molecule has 0 unspecified atom stereocenters. The second kappa shape index (κ2) is 1.60. The number of carbonyl (C=O) groups is 1. The number of allylic oxidation sites excluding steroid dienone is 1. The fourth-order valence-electron chi connectivity index (χ4n) is 0.331. The van der Waals surface area contributed by atoms with E-state index in [1.54, 1.807) is 0 Å². The van der Waals surface area contributed by atoms with E-state index < -0.39 is 5.97 Å². The summed E-state index contributed by atoms with van der Waals surface area (Å²) in [5, 5.41) is 11.5. The average molecular weight is 111 g/mol. The first kappa shape index (κ1) is 4.74. The predicted molar refractivity (Wildman–Crippen MR) is 26.3 cm³/mol. The summed E-state index contributed by atoms with van der Waals surface area (Å²) >= 11 is 0. The Hall–Kier alpha value is -1.41. The molecule has 0 radical (unpaired) electrons. The lowest BCUT2D eigenvalue weighted by atomic mass is 10.4. The van der Waals surface area contributed by atoms with Crippen LogP contribution >= 0.6 is 0 Å². The quantitative estimate of drug-likeness (QED) is 0.445. The Kier molecular flexibility index (Phi) is 0.946. The van der Waals surface area contributed by atoms with E-state index in [9.17, 15) is 4.79 Å². The summed E-state index contributed by atoms with van der Waals surface area (Å²) in [6.45, 7) is 0. The SMILES string of the molecule is O=C(O)C1=C[C+]=NN1. The zero-order chi connectivity index (χ0) is 5.98. The van der Waals surface area contributed by atoms with Crippen molar-refractivity contribution in [2.24, 2.45) is 5.10 Å². The highest BCUT2D eigenvalue weighted by atomic mass is 16.4. The van der Waals surface area contributed by atoms with Gasteiger partial charge in [-0.2, -0.15) is 5.43 Å². The number of nitrogens with zero attached hydrogens (tertiary/aromatic N) is 1. The topological polar surface area (TPSA) is 61.7 Å². The average Bonchev–Trinajstić information content (AvgIpc) is 2.12. The molecule has 0 saturated heterocycles. The van der Waals surface area contributed by atoms with Gasteiger partial charge in [0.25, 0.3) is 5.70 Å². The van der Waals surface area contributed by atoms with Gasteiger partial charge in [0.2, 0.25) is 12.3 Å². The molecule has 0 aliphatic carbocycles. The van der Waals surface area contributed by atoms with Gasteiger partial charge in [-0.15, -0.1) is 0 Å². The van der Waals surface area contributed by atoms with Crippen molar-refractivity contribution < 1.29 is 9.90 Å². The van der Waals surface area contributed by atoms with Gasteiger partial charge in [-0.25, -0.2) is 4.79 Å². The summed E-state index contributed by atoms with van der Waals surface area (Å²) in [5.74, 6) is -1.02. The molecule has 8 heavy (non-hydrogen) atoms. The van der Waals surface area contributed by atoms with E-state index in [0.717, 1.165) is 0 Å². The molecular weight excluding hydrogens is 108 g/mol. The van der Waals surface area contributed by atoms with Crippen LogP contribution in [0.2, 0.25) is 0 Å². The van der Waals surface area contributed by atoms with Crippen LogP contribution < -0.4 is 5.43 Å². The molecule has 2 N–H and O–H groups in total. The highest BCUT2D eigenvalue weighted by Gasteiger charge is 2.19. The van der Waals surface area contributed by atoms with Gasteiger partial charge in [-0.05, 0) is 0 Å². The van der Waals surface area contributed by atoms with Gasteiger partial charge in [-0.3, -0.25) is 0 Å². The molecule has 0 aromatic heterocycles. The lowest BCUT2D eigenvalue weighted by molar-refractivity contribution is -0.133. The Labute approximate surface area is 45.5 Å². The number of aliphatic carboxylic acids is 1. The van der Waals surface area contributed by atoms with E-state index in [4.69, 9.17) is 5.11 Å². The third kappa shape index (κ3) is 0.643. The van der Waals surface area contributed by atoms with Crippen LogP contribution in [-0.2, 0) is 4.79 Å². The number of rotatable bonds is 1. The minimum atomic E-state index is -1.02. The maximum Gasteiger partial charge on any atom is 0.441 e. The van der Waals surface area contributed by atoms with Crippen molar-refractivity contribution in [2.45, 2.75) is 0 Å². The van der Waals surface area contributed by atoms with Crippen molar-refractivity contribution in [1.29, 1.82) is 0 Å². The molecular formula is C4H3N2O2+. The van der Waals surface area contributed by atoms with Crippen LogP contribution in [0.4, 0.5) is 0 Å². The van der Waals surface area contributed by atoms with Crippen LogP contribution in [0.15, 0.2) is 16.9 Å². The Morgan fingerprint density at radius 2 is 2.75 bits per heavy atom. The number of carboxylic acid groups (broad SMARTS) is 1. The Morgan fingerprint density at radius 3 is 3.00 bits per heavy atom. The van der Waals surface area contributed by atoms with Crippen molar-refractivity contribution in [3.8, 4) is 0 Å². The van der Waals surface area contributed by atoms with Crippen molar-refractivity contribution in [3.63, 3.8) is 0 Å². The second-order valence-electron chi connectivity index (χ2n) is 1.22. The molecule has 1 aliphatic rings. The summed E-state index contributed by atoms with van der Waals surface area (Å²) in [7, 11) is 0. The normalized spacial score (nSPS) is 14.2. The molecule has 40 valence electrons. The molecule has 4 heteroatoms. The Bertz CT molecular complexity index is 171. The molecule has 0 aromatic carbocycles. The smallest absolute Gasteiger partial charge is 0.441 e. The zero-order valence-electron chi connectivity index (χ0n) is 3.88. The van der Waals surface area contributed by atoms with Gasteiger partial charge in [0.1, 0.15) is 0 Å². The van der Waals surface area contributed by atoms with Crippen LogP contribution in [-0.4, -0.2) is 17.3 Å². The lowest BCUT2D eigenvalue weighted by Gasteiger charge is -1.78. The number of hydrogen-bond acceptors (Lipinski definition) is 3. The van der Waals surface area contributed by atoms with Crippen molar-refractivity contribution in [3.05, 3.63) is 11.8 Å². The van der Waals surface area contributed by atoms with Gasteiger partial charge < -0.3 is 5.11 Å². The van der Waals surface area contributed by atoms with Crippen molar-refractivity contribution in [2.75, 3.05) is 0 Å². The third-order valence-electron chi connectivity index (χ3n) is 0.680. The van der Waals surface area contributed by atoms with E-state index in [-0.39, 0.29) is 5.70 Å². The molecule has 0 spiro atoms. The van der Waals surface area contributed by atoms with Crippen molar-refractivity contribution in [1.82, 2.24) is 5.43 Å². The summed E-state index contributed by atoms with van der Waals surface area (Å²) in [4.78, 5) is 9.97. The highest BCUT2D eigenvalue weighted by Crippen LogP contribution is 1.91. The van der Waals surface area contributed by atoms with Gasteiger partial charge >= 0.3 is 5.97 Å². The molecule has 1 heterocycles. The van der Waals surface area contributed by atoms with E-state index in [0.29, 0.717) is 0 Å². The first-order valence-electron chi connectivity index (χ1n) is 1.95. The molecule has 1 aliphatic heterocycles. The Morgan fingerprint density at radius 1 is 2.00 bits per heavy atom. The maximum absolute atomic E-state index is 9.97. The van der Waals surface area contributed by atoms with E-state index in [1.807, 2.05) is 0 Å². The van der Waals surface area contributed by atoms with E-state index >= 15 is 0 Å². The van der Waals surface area contributed by atoms with Crippen LogP contribution in [0, 0.1) is 0 Å². The molecule has 0 amide bonds. The molecule has 0 fully saturated rings. The monoisotopic (exact) mass is 111 g/mol. The third-order valence-corrected chi connectivity index (χ3v) is 0.680. The number of nitrogens with one attached hydrogen (secondary N) is 1. The first-order chi connectivity index (χ1) is 3.80. The Balaban J connectivity index is 2.64. The van der Waals surface area contributed by atoms with Gasteiger partial charge in [0.05, 0.1) is 0 Å². The minimum absolute atomic E-state index is 0.0602. The number of hydrogen-bond donors (Lipinski definition) is 2. The largest absolute Gasteiger partial charge is 0.461 e. The molecule has 1 rings (SSSR count). The van der Waals surface area contributed by atoms with Crippen LogP contribution in [0.25, 0.3) is 0 Å². The fourth-order valence-corrected chi connectivity index (χ4v) is 0.331. The highest BCUT2D eigenvalue weighted by molar-refractivity contribution is 5.93. The van der Waals surface area contributed by atoms with Crippen molar-refractivity contribution >= 4 is 12.2 Å². The van der Waals surface area contributed by atoms with E-state index in [1.165, 1.54) is 6.08 Å². The van der Waals surface area contributed by atoms with Gasteiger partial charge in [0, 0.05) is 5.10 Å². The summed E-state index contributed by atoms with van der Waals surface area (Å²) < 4.78 is 0. The maximum atomic E-state index is 9.97.